The SMILES string of the molecule is CC[C@@H](Oc1ccc2c(c1)CCCC2)C(=O)Nc1ccc(C)c(C)c1. The van der Waals surface area contributed by atoms with E-state index in [9.17, 15) is 4.79 Å². The molecule has 0 saturated carbocycles. The Balaban J connectivity index is 1.69. The van der Waals surface area contributed by atoms with Crippen molar-refractivity contribution >= 4 is 11.6 Å². The largest absolute Gasteiger partial charge is 0.481 e. The second kappa shape index (κ2) is 7.73. The van der Waals surface area contributed by atoms with Crippen LogP contribution in [0.5, 0.6) is 5.75 Å². The van der Waals surface area contributed by atoms with E-state index in [0.717, 1.165) is 24.3 Å². The number of nitrogens with one attached hydrogen (secondary N) is 1. The van der Waals surface area contributed by atoms with Crippen LogP contribution in [0.15, 0.2) is 36.4 Å². The molecule has 0 saturated heterocycles. The van der Waals surface area contributed by atoms with Crippen molar-refractivity contribution in [3.8, 4) is 5.75 Å². The lowest BCUT2D eigenvalue weighted by molar-refractivity contribution is -0.122. The average Bonchev–Trinajstić information content (AvgIpc) is 2.62. The predicted molar refractivity (Wildman–Crippen MR) is 102 cm³/mol. The molecule has 1 aliphatic carbocycles. The Bertz CT molecular complexity index is 767. The molecule has 0 unspecified atom stereocenters. The summed E-state index contributed by atoms with van der Waals surface area (Å²) in [4.78, 5) is 12.6. The smallest absolute Gasteiger partial charge is 0.265 e. The molecule has 3 rings (SSSR count). The van der Waals surface area contributed by atoms with E-state index in [1.165, 1.54) is 35.1 Å². The first-order valence-electron chi connectivity index (χ1n) is 9.23. The van der Waals surface area contributed by atoms with Gasteiger partial charge in [0.2, 0.25) is 0 Å². The molecule has 2 aromatic carbocycles. The number of amides is 1. The molecule has 0 bridgehead atoms. The van der Waals surface area contributed by atoms with E-state index in [1.807, 2.05) is 38.1 Å². The van der Waals surface area contributed by atoms with Crippen molar-refractivity contribution in [1.82, 2.24) is 0 Å². The summed E-state index contributed by atoms with van der Waals surface area (Å²) in [5.41, 5.74) is 6.00. The van der Waals surface area contributed by atoms with Crippen LogP contribution in [-0.4, -0.2) is 12.0 Å². The zero-order valence-electron chi connectivity index (χ0n) is 15.4. The highest BCUT2D eigenvalue weighted by atomic mass is 16.5. The number of carbonyl (C=O) groups is 1. The topological polar surface area (TPSA) is 38.3 Å². The van der Waals surface area contributed by atoms with Gasteiger partial charge in [-0.3, -0.25) is 4.79 Å². The molecule has 0 heterocycles. The van der Waals surface area contributed by atoms with E-state index in [2.05, 4.69) is 24.4 Å². The minimum Gasteiger partial charge on any atom is -0.481 e. The van der Waals surface area contributed by atoms with Crippen molar-refractivity contribution in [2.24, 2.45) is 0 Å². The maximum atomic E-state index is 12.6. The van der Waals surface area contributed by atoms with Gasteiger partial charge in [-0.1, -0.05) is 19.1 Å². The minimum absolute atomic E-state index is 0.0940. The summed E-state index contributed by atoms with van der Waals surface area (Å²) in [6, 6.07) is 12.2. The molecule has 1 amide bonds. The first-order chi connectivity index (χ1) is 12.1. The summed E-state index contributed by atoms with van der Waals surface area (Å²) in [6.45, 7) is 6.09. The summed E-state index contributed by atoms with van der Waals surface area (Å²) in [5, 5.41) is 2.98. The lowest BCUT2D eigenvalue weighted by Gasteiger charge is -2.20. The third kappa shape index (κ3) is 4.22. The van der Waals surface area contributed by atoms with E-state index < -0.39 is 6.10 Å². The van der Waals surface area contributed by atoms with Crippen molar-refractivity contribution in [2.75, 3.05) is 5.32 Å². The fourth-order valence-corrected chi connectivity index (χ4v) is 3.31. The number of hydrogen-bond acceptors (Lipinski definition) is 2. The number of rotatable bonds is 5. The van der Waals surface area contributed by atoms with E-state index in [0.29, 0.717) is 6.42 Å². The molecule has 0 aromatic heterocycles. The third-order valence-electron chi connectivity index (χ3n) is 5.04. The van der Waals surface area contributed by atoms with Crippen molar-refractivity contribution in [3.05, 3.63) is 58.7 Å². The van der Waals surface area contributed by atoms with E-state index >= 15 is 0 Å². The summed E-state index contributed by atoms with van der Waals surface area (Å²) < 4.78 is 6.01. The van der Waals surface area contributed by atoms with E-state index in [-0.39, 0.29) is 5.91 Å². The minimum atomic E-state index is -0.483. The fourth-order valence-electron chi connectivity index (χ4n) is 3.31. The number of ether oxygens (including phenoxy) is 1. The van der Waals surface area contributed by atoms with Crippen molar-refractivity contribution < 1.29 is 9.53 Å². The number of fused-ring (bicyclic) bond motifs is 1. The third-order valence-corrected chi connectivity index (χ3v) is 5.04. The molecule has 0 fully saturated rings. The molecule has 25 heavy (non-hydrogen) atoms. The molecule has 2 aromatic rings. The summed E-state index contributed by atoms with van der Waals surface area (Å²) in [7, 11) is 0. The molecule has 0 spiro atoms. The van der Waals surface area contributed by atoms with Gasteiger partial charge in [-0.15, -0.1) is 0 Å². The van der Waals surface area contributed by atoms with Gasteiger partial charge < -0.3 is 10.1 Å². The van der Waals surface area contributed by atoms with Crippen molar-refractivity contribution in [1.29, 1.82) is 0 Å². The molecular weight excluding hydrogens is 310 g/mol. The van der Waals surface area contributed by atoms with Gasteiger partial charge in [0, 0.05) is 5.69 Å². The van der Waals surface area contributed by atoms with Gasteiger partial charge in [-0.2, -0.15) is 0 Å². The molecule has 1 atom stereocenters. The van der Waals surface area contributed by atoms with Crippen LogP contribution < -0.4 is 10.1 Å². The number of benzene rings is 2. The highest BCUT2D eigenvalue weighted by Gasteiger charge is 2.19. The number of carbonyl (C=O) groups excluding carboxylic acids is 1. The van der Waals surface area contributed by atoms with Crippen molar-refractivity contribution in [2.45, 2.75) is 59.0 Å². The number of anilines is 1. The van der Waals surface area contributed by atoms with E-state index in [4.69, 9.17) is 4.74 Å². The summed E-state index contributed by atoms with van der Waals surface area (Å²) in [5.74, 6) is 0.700. The predicted octanol–water partition coefficient (Wildman–Crippen LogP) is 4.98. The quantitative estimate of drug-likeness (QED) is 0.836. The highest BCUT2D eigenvalue weighted by molar-refractivity contribution is 5.94. The van der Waals surface area contributed by atoms with Crippen LogP contribution in [0, 0.1) is 13.8 Å². The zero-order chi connectivity index (χ0) is 17.8. The lowest BCUT2D eigenvalue weighted by atomic mass is 9.92. The molecule has 1 N–H and O–H groups in total. The monoisotopic (exact) mass is 337 g/mol. The second-order valence-electron chi connectivity index (χ2n) is 6.94. The highest BCUT2D eigenvalue weighted by Crippen LogP contribution is 2.26. The Hall–Kier alpha value is -2.29. The van der Waals surface area contributed by atoms with Crippen LogP contribution >= 0.6 is 0 Å². The Morgan fingerprint density at radius 3 is 2.52 bits per heavy atom. The molecule has 132 valence electrons. The van der Waals surface area contributed by atoms with Crippen LogP contribution in [0.25, 0.3) is 0 Å². The molecule has 1 aliphatic rings. The van der Waals surface area contributed by atoms with Crippen LogP contribution in [0.4, 0.5) is 5.69 Å². The van der Waals surface area contributed by atoms with Gasteiger partial charge in [0.15, 0.2) is 6.10 Å². The zero-order valence-corrected chi connectivity index (χ0v) is 15.4. The normalized spacial score (nSPS) is 14.5. The maximum Gasteiger partial charge on any atom is 0.265 e. The average molecular weight is 337 g/mol. The fraction of sp³-hybridized carbons (Fsp3) is 0.409. The number of aryl methyl sites for hydroxylation is 4. The van der Waals surface area contributed by atoms with Gasteiger partial charge in [0.25, 0.3) is 5.91 Å². The maximum absolute atomic E-state index is 12.6. The van der Waals surface area contributed by atoms with Gasteiger partial charge in [0.1, 0.15) is 5.75 Å². The number of hydrogen-bond donors (Lipinski definition) is 1. The molecule has 3 nitrogen and oxygen atoms in total. The summed E-state index contributed by atoms with van der Waals surface area (Å²) >= 11 is 0. The first-order valence-corrected chi connectivity index (χ1v) is 9.23. The van der Waals surface area contributed by atoms with Crippen LogP contribution in [0.2, 0.25) is 0 Å². The van der Waals surface area contributed by atoms with Gasteiger partial charge >= 0.3 is 0 Å². The van der Waals surface area contributed by atoms with Crippen molar-refractivity contribution in [3.63, 3.8) is 0 Å². The van der Waals surface area contributed by atoms with E-state index in [1.54, 1.807) is 0 Å². The lowest BCUT2D eigenvalue weighted by Crippen LogP contribution is -2.32. The summed E-state index contributed by atoms with van der Waals surface area (Å²) in [6.07, 6.45) is 4.92. The Kier molecular flexibility index (Phi) is 5.42. The standard InChI is InChI=1S/C22H27NO2/c1-4-21(22(24)23-19-11-9-15(2)16(3)13-19)25-20-12-10-17-7-5-6-8-18(17)14-20/h9-14,21H,4-8H2,1-3H3,(H,23,24)/t21-/m1/s1. The second-order valence-corrected chi connectivity index (χ2v) is 6.94. The van der Waals surface area contributed by atoms with Crippen LogP contribution in [-0.2, 0) is 17.6 Å². The molecular formula is C22H27NO2. The van der Waals surface area contributed by atoms with Gasteiger partial charge in [-0.25, -0.2) is 0 Å². The molecule has 0 aliphatic heterocycles. The van der Waals surface area contributed by atoms with Crippen LogP contribution in [0.3, 0.4) is 0 Å². The molecule has 0 radical (unpaired) electrons. The Morgan fingerprint density at radius 1 is 1.04 bits per heavy atom. The first kappa shape index (κ1) is 17.5. The van der Waals surface area contributed by atoms with Gasteiger partial charge in [-0.05, 0) is 92.5 Å². The van der Waals surface area contributed by atoms with Crippen LogP contribution in [0.1, 0.15) is 48.4 Å². The van der Waals surface area contributed by atoms with Gasteiger partial charge in [0.05, 0.1) is 0 Å². The molecule has 3 heteroatoms. The Labute approximate surface area is 150 Å². The Morgan fingerprint density at radius 2 is 1.80 bits per heavy atom.